The van der Waals surface area contributed by atoms with Gasteiger partial charge in [0, 0.05) is 24.1 Å². The van der Waals surface area contributed by atoms with Crippen LogP contribution in [0.3, 0.4) is 0 Å². The molecule has 166 valence electrons. The highest BCUT2D eigenvalue weighted by Gasteiger charge is 2.37. The summed E-state index contributed by atoms with van der Waals surface area (Å²) in [7, 11) is -3.90. The van der Waals surface area contributed by atoms with Crippen molar-refractivity contribution in [1.82, 2.24) is 5.32 Å². The summed E-state index contributed by atoms with van der Waals surface area (Å²) in [6, 6.07) is 11.1. The summed E-state index contributed by atoms with van der Waals surface area (Å²) >= 11 is 0. The van der Waals surface area contributed by atoms with Crippen LogP contribution in [0.25, 0.3) is 0 Å². The van der Waals surface area contributed by atoms with E-state index in [4.69, 9.17) is 4.74 Å². The summed E-state index contributed by atoms with van der Waals surface area (Å²) < 4.78 is 31.9. The van der Waals surface area contributed by atoms with Crippen LogP contribution >= 0.6 is 0 Å². The lowest BCUT2D eigenvalue weighted by molar-refractivity contribution is -0.384. The molecule has 2 aromatic rings. The minimum atomic E-state index is -3.90. The Morgan fingerprint density at radius 2 is 1.94 bits per heavy atom. The molecule has 0 spiro atoms. The molecule has 1 N–H and O–H groups in total. The average molecular weight is 448 g/mol. The second kappa shape index (κ2) is 8.18. The van der Waals surface area contributed by atoms with E-state index in [1.807, 2.05) is 38.1 Å². The van der Waals surface area contributed by atoms with Crippen molar-refractivity contribution in [2.45, 2.75) is 44.9 Å². The number of nitro groups is 1. The number of hydrogen-bond donors (Lipinski definition) is 1. The van der Waals surface area contributed by atoms with Crippen LogP contribution in [0.2, 0.25) is 0 Å². The van der Waals surface area contributed by atoms with Crippen LogP contribution in [0.5, 0.6) is 5.75 Å². The SMILES string of the molecule is CC(C(=O)NC1CC(C)(C)Oc2ccccc21)N(c1cccc([N+](=O)[O-])c1)S(C)(=O)=O. The molecule has 10 heteroatoms. The lowest BCUT2D eigenvalue weighted by Crippen LogP contribution is -2.50. The van der Waals surface area contributed by atoms with Crippen molar-refractivity contribution in [3.63, 3.8) is 0 Å². The normalized spacial score (nSPS) is 18.3. The van der Waals surface area contributed by atoms with Crippen LogP contribution < -0.4 is 14.4 Å². The first-order valence-electron chi connectivity index (χ1n) is 9.71. The van der Waals surface area contributed by atoms with E-state index in [0.29, 0.717) is 12.2 Å². The van der Waals surface area contributed by atoms with Gasteiger partial charge in [0.25, 0.3) is 5.69 Å². The van der Waals surface area contributed by atoms with Crippen molar-refractivity contribution in [2.75, 3.05) is 10.6 Å². The second-order valence-corrected chi connectivity index (χ2v) is 10.0. The Bertz CT molecular complexity index is 1120. The molecule has 0 bridgehead atoms. The number of fused-ring (bicyclic) bond motifs is 1. The van der Waals surface area contributed by atoms with E-state index in [1.54, 1.807) is 0 Å². The van der Waals surface area contributed by atoms with Gasteiger partial charge in [-0.2, -0.15) is 0 Å². The first-order valence-corrected chi connectivity index (χ1v) is 11.6. The minimum absolute atomic E-state index is 0.0482. The number of nitro benzene ring substituents is 1. The third-order valence-corrected chi connectivity index (χ3v) is 6.32. The number of carbonyl (C=O) groups excluding carboxylic acids is 1. The Labute approximate surface area is 181 Å². The van der Waals surface area contributed by atoms with E-state index in [9.17, 15) is 23.3 Å². The van der Waals surface area contributed by atoms with Crippen LogP contribution in [0, 0.1) is 10.1 Å². The van der Waals surface area contributed by atoms with Crippen LogP contribution in [0.1, 0.15) is 38.8 Å². The van der Waals surface area contributed by atoms with Crippen molar-refractivity contribution in [3.05, 3.63) is 64.2 Å². The summed E-state index contributed by atoms with van der Waals surface area (Å²) in [5.41, 5.74) is 0.0705. The van der Waals surface area contributed by atoms with E-state index in [1.165, 1.54) is 25.1 Å². The number of ether oxygens (including phenoxy) is 1. The summed E-state index contributed by atoms with van der Waals surface area (Å²) in [6.07, 6.45) is 1.46. The van der Waals surface area contributed by atoms with Crippen LogP contribution in [-0.2, 0) is 14.8 Å². The van der Waals surface area contributed by atoms with Gasteiger partial charge in [-0.3, -0.25) is 19.2 Å². The number of amides is 1. The third-order valence-electron chi connectivity index (χ3n) is 5.08. The Morgan fingerprint density at radius 1 is 1.26 bits per heavy atom. The second-order valence-electron chi connectivity index (χ2n) is 8.18. The largest absolute Gasteiger partial charge is 0.487 e. The van der Waals surface area contributed by atoms with E-state index in [2.05, 4.69) is 5.32 Å². The highest BCUT2D eigenvalue weighted by molar-refractivity contribution is 7.92. The number of benzene rings is 2. The molecule has 0 fully saturated rings. The predicted molar refractivity (Wildman–Crippen MR) is 117 cm³/mol. The molecular formula is C21H25N3O6S. The van der Waals surface area contributed by atoms with Gasteiger partial charge in [-0.25, -0.2) is 8.42 Å². The zero-order valence-electron chi connectivity index (χ0n) is 17.7. The number of nitrogens with zero attached hydrogens (tertiary/aromatic N) is 2. The van der Waals surface area contributed by atoms with E-state index in [0.717, 1.165) is 22.2 Å². The molecule has 0 saturated heterocycles. The Balaban J connectivity index is 1.91. The molecule has 2 aromatic carbocycles. The highest BCUT2D eigenvalue weighted by atomic mass is 32.2. The minimum Gasteiger partial charge on any atom is -0.487 e. The number of nitrogens with one attached hydrogen (secondary N) is 1. The maximum absolute atomic E-state index is 13.1. The fraction of sp³-hybridized carbons (Fsp3) is 0.381. The van der Waals surface area contributed by atoms with E-state index >= 15 is 0 Å². The van der Waals surface area contributed by atoms with Gasteiger partial charge in [-0.15, -0.1) is 0 Å². The number of hydrogen-bond acceptors (Lipinski definition) is 6. The van der Waals surface area contributed by atoms with Crippen molar-refractivity contribution >= 4 is 27.3 Å². The number of non-ortho nitro benzene ring substituents is 1. The topological polar surface area (TPSA) is 119 Å². The van der Waals surface area contributed by atoms with Crippen molar-refractivity contribution in [3.8, 4) is 5.75 Å². The molecule has 3 rings (SSSR count). The molecule has 0 aliphatic carbocycles. The van der Waals surface area contributed by atoms with Crippen molar-refractivity contribution in [1.29, 1.82) is 0 Å². The number of para-hydroxylation sites is 1. The van der Waals surface area contributed by atoms with Crippen molar-refractivity contribution in [2.24, 2.45) is 0 Å². The molecule has 1 aliphatic heterocycles. The maximum atomic E-state index is 13.1. The standard InChI is InChI=1S/C21H25N3O6S/c1-14(23(31(4,28)29)15-8-7-9-16(12-15)24(26)27)20(25)22-18-13-21(2,3)30-19-11-6-5-10-17(18)19/h5-12,14,18H,13H2,1-4H3,(H,22,25). The Hall–Kier alpha value is -3.14. The number of carbonyl (C=O) groups is 1. The smallest absolute Gasteiger partial charge is 0.271 e. The monoisotopic (exact) mass is 447 g/mol. The van der Waals surface area contributed by atoms with Gasteiger partial charge in [0.1, 0.15) is 17.4 Å². The van der Waals surface area contributed by atoms with Gasteiger partial charge in [0.2, 0.25) is 15.9 Å². The van der Waals surface area contributed by atoms with E-state index < -0.39 is 32.5 Å². The molecule has 31 heavy (non-hydrogen) atoms. The molecule has 2 atom stereocenters. The first kappa shape index (κ1) is 22.5. The van der Waals surface area contributed by atoms with Crippen LogP contribution in [0.4, 0.5) is 11.4 Å². The highest BCUT2D eigenvalue weighted by Crippen LogP contribution is 2.39. The Morgan fingerprint density at radius 3 is 2.58 bits per heavy atom. The van der Waals surface area contributed by atoms with Gasteiger partial charge in [-0.05, 0) is 32.9 Å². The van der Waals surface area contributed by atoms with E-state index in [-0.39, 0.29) is 17.4 Å². The van der Waals surface area contributed by atoms with Gasteiger partial charge < -0.3 is 10.1 Å². The van der Waals surface area contributed by atoms with Crippen LogP contribution in [-0.4, -0.2) is 37.1 Å². The van der Waals surface area contributed by atoms with Gasteiger partial charge in [0.15, 0.2) is 0 Å². The lowest BCUT2D eigenvalue weighted by Gasteiger charge is -2.38. The summed E-state index contributed by atoms with van der Waals surface area (Å²) in [6.45, 7) is 5.28. The molecule has 2 unspecified atom stereocenters. The molecular weight excluding hydrogens is 422 g/mol. The number of sulfonamides is 1. The molecule has 1 amide bonds. The maximum Gasteiger partial charge on any atom is 0.271 e. The van der Waals surface area contributed by atoms with Crippen LogP contribution in [0.15, 0.2) is 48.5 Å². The molecule has 0 saturated carbocycles. The summed E-state index contributed by atoms with van der Waals surface area (Å²) in [5.74, 6) is 0.143. The summed E-state index contributed by atoms with van der Waals surface area (Å²) in [4.78, 5) is 23.6. The fourth-order valence-electron chi connectivity index (χ4n) is 3.78. The number of rotatable bonds is 6. The van der Waals surface area contributed by atoms with Gasteiger partial charge >= 0.3 is 0 Å². The average Bonchev–Trinajstić information content (AvgIpc) is 2.66. The molecule has 1 aliphatic rings. The number of anilines is 1. The first-order chi connectivity index (χ1) is 14.4. The quantitative estimate of drug-likeness (QED) is 0.537. The molecule has 9 nitrogen and oxygen atoms in total. The molecule has 0 aromatic heterocycles. The molecule has 0 radical (unpaired) electrons. The zero-order valence-corrected chi connectivity index (χ0v) is 18.5. The zero-order chi connectivity index (χ0) is 23.0. The van der Waals surface area contributed by atoms with Crippen molar-refractivity contribution < 1.29 is 22.9 Å². The van der Waals surface area contributed by atoms with Gasteiger partial charge in [0.05, 0.1) is 22.9 Å². The summed E-state index contributed by atoms with van der Waals surface area (Å²) in [5, 5.41) is 14.0. The van der Waals surface area contributed by atoms with Gasteiger partial charge in [-0.1, -0.05) is 24.3 Å². The fourth-order valence-corrected chi connectivity index (χ4v) is 4.94. The predicted octanol–water partition coefficient (Wildman–Crippen LogP) is 3.17. The Kier molecular flexibility index (Phi) is 5.95. The third kappa shape index (κ3) is 4.96. The molecule has 1 heterocycles. The lowest BCUT2D eigenvalue weighted by atomic mass is 9.89.